The van der Waals surface area contributed by atoms with Gasteiger partial charge in [-0.3, -0.25) is 4.98 Å². The average Bonchev–Trinajstić information content (AvgIpc) is 2.70. The van der Waals surface area contributed by atoms with Crippen LogP contribution in [0.4, 0.5) is 5.82 Å². The van der Waals surface area contributed by atoms with Crippen molar-refractivity contribution in [3.8, 4) is 0 Å². The maximum absolute atomic E-state index is 10.5. The molecule has 17 heavy (non-hydrogen) atoms. The van der Waals surface area contributed by atoms with Crippen molar-refractivity contribution in [3.05, 3.63) is 52.2 Å². The van der Waals surface area contributed by atoms with Crippen molar-refractivity contribution < 1.29 is 4.92 Å². The predicted octanol–water partition coefficient (Wildman–Crippen LogP) is 1.89. The van der Waals surface area contributed by atoms with E-state index in [4.69, 9.17) is 0 Å². The van der Waals surface area contributed by atoms with Crippen LogP contribution in [0.3, 0.4) is 0 Å². The molecule has 2 aromatic rings. The Balaban J connectivity index is 2.24. The highest BCUT2D eigenvalue weighted by Gasteiger charge is 2.13. The molecule has 2 aromatic heterocycles. The Bertz CT molecular complexity index is 560. The van der Waals surface area contributed by atoms with E-state index in [1.54, 1.807) is 36.2 Å². The van der Waals surface area contributed by atoms with Gasteiger partial charge in [-0.15, -0.1) is 0 Å². The highest BCUT2D eigenvalue weighted by molar-refractivity contribution is 5.66. The number of aromatic nitrogens is 3. The number of aryl methyl sites for hydroxylation is 1. The van der Waals surface area contributed by atoms with E-state index in [0.717, 1.165) is 5.56 Å². The fourth-order valence-electron chi connectivity index (χ4n) is 1.35. The Kier molecular flexibility index (Phi) is 2.95. The molecule has 0 bridgehead atoms. The van der Waals surface area contributed by atoms with E-state index < -0.39 is 4.92 Å². The second kappa shape index (κ2) is 4.56. The van der Waals surface area contributed by atoms with Gasteiger partial charge in [-0.2, -0.15) is 0 Å². The van der Waals surface area contributed by atoms with Crippen LogP contribution in [0.1, 0.15) is 11.4 Å². The zero-order chi connectivity index (χ0) is 12.3. The first-order valence-corrected chi connectivity index (χ1v) is 4.92. The van der Waals surface area contributed by atoms with Crippen LogP contribution in [0.25, 0.3) is 12.2 Å². The third kappa shape index (κ3) is 2.54. The van der Waals surface area contributed by atoms with Crippen molar-refractivity contribution >= 4 is 18.0 Å². The molecule has 0 aliphatic rings. The van der Waals surface area contributed by atoms with E-state index in [1.807, 2.05) is 12.1 Å². The van der Waals surface area contributed by atoms with Crippen molar-refractivity contribution in [3.63, 3.8) is 0 Å². The molecule has 0 N–H and O–H groups in total. The van der Waals surface area contributed by atoms with Crippen LogP contribution in [-0.4, -0.2) is 19.5 Å². The summed E-state index contributed by atoms with van der Waals surface area (Å²) in [6, 6.07) is 3.71. The number of nitrogens with zero attached hydrogens (tertiary/aromatic N) is 4. The number of hydrogen-bond donors (Lipinski definition) is 0. The lowest BCUT2D eigenvalue weighted by molar-refractivity contribution is -0.389. The van der Waals surface area contributed by atoms with E-state index in [9.17, 15) is 10.1 Å². The van der Waals surface area contributed by atoms with E-state index in [0.29, 0.717) is 5.82 Å². The molecule has 0 aliphatic heterocycles. The van der Waals surface area contributed by atoms with Gasteiger partial charge in [-0.1, -0.05) is 6.07 Å². The number of rotatable bonds is 3. The van der Waals surface area contributed by atoms with Gasteiger partial charge in [0, 0.05) is 25.5 Å². The average molecular weight is 230 g/mol. The molecule has 0 spiro atoms. The van der Waals surface area contributed by atoms with E-state index in [2.05, 4.69) is 9.97 Å². The molecule has 0 aliphatic carbocycles. The van der Waals surface area contributed by atoms with Crippen LogP contribution < -0.4 is 0 Å². The summed E-state index contributed by atoms with van der Waals surface area (Å²) >= 11 is 0. The fourth-order valence-corrected chi connectivity index (χ4v) is 1.35. The smallest absolute Gasteiger partial charge is 0.358 e. The second-order valence-electron chi connectivity index (χ2n) is 3.45. The maximum atomic E-state index is 10.5. The van der Waals surface area contributed by atoms with Crippen molar-refractivity contribution in [1.29, 1.82) is 0 Å². The molecule has 6 nitrogen and oxygen atoms in total. The summed E-state index contributed by atoms with van der Waals surface area (Å²) < 4.78 is 1.60. The summed E-state index contributed by atoms with van der Waals surface area (Å²) in [5.41, 5.74) is 0.915. The Hall–Kier alpha value is -2.50. The van der Waals surface area contributed by atoms with Gasteiger partial charge in [0.25, 0.3) is 0 Å². The van der Waals surface area contributed by atoms with Gasteiger partial charge in [0.05, 0.1) is 0 Å². The van der Waals surface area contributed by atoms with Gasteiger partial charge < -0.3 is 14.7 Å². The first kappa shape index (κ1) is 11.0. The normalized spacial score (nSPS) is 10.9. The molecule has 0 saturated carbocycles. The lowest BCUT2D eigenvalue weighted by Crippen LogP contribution is -1.88. The Labute approximate surface area is 97.4 Å². The van der Waals surface area contributed by atoms with Crippen molar-refractivity contribution in [1.82, 2.24) is 14.5 Å². The monoisotopic (exact) mass is 230 g/mol. The summed E-state index contributed by atoms with van der Waals surface area (Å²) in [6.07, 6.45) is 8.28. The SMILES string of the molecule is Cn1cc([N+](=O)[O-])nc1/C=C/c1cccnc1. The van der Waals surface area contributed by atoms with Crippen LogP contribution >= 0.6 is 0 Å². The highest BCUT2D eigenvalue weighted by Crippen LogP contribution is 2.12. The summed E-state index contributed by atoms with van der Waals surface area (Å²) in [4.78, 5) is 17.9. The number of pyridine rings is 1. The number of imidazole rings is 1. The zero-order valence-electron chi connectivity index (χ0n) is 9.15. The largest absolute Gasteiger partial charge is 0.382 e. The molecule has 0 saturated heterocycles. The Morgan fingerprint density at radius 2 is 2.29 bits per heavy atom. The summed E-state index contributed by atoms with van der Waals surface area (Å²) in [6.45, 7) is 0. The predicted molar refractivity (Wildman–Crippen MR) is 63.0 cm³/mol. The summed E-state index contributed by atoms with van der Waals surface area (Å²) in [7, 11) is 1.71. The summed E-state index contributed by atoms with van der Waals surface area (Å²) in [5.74, 6) is 0.374. The molecule has 0 aromatic carbocycles. The van der Waals surface area contributed by atoms with Gasteiger partial charge in [0.15, 0.2) is 0 Å². The minimum Gasteiger partial charge on any atom is -0.358 e. The molecular weight excluding hydrogens is 220 g/mol. The molecule has 2 rings (SSSR count). The minimum atomic E-state index is -0.512. The molecular formula is C11H10N4O2. The van der Waals surface area contributed by atoms with Crippen molar-refractivity contribution in [2.75, 3.05) is 0 Å². The first-order valence-electron chi connectivity index (χ1n) is 4.92. The minimum absolute atomic E-state index is 0.154. The highest BCUT2D eigenvalue weighted by atomic mass is 16.6. The maximum Gasteiger partial charge on any atom is 0.382 e. The fraction of sp³-hybridized carbons (Fsp3) is 0.0909. The molecule has 0 radical (unpaired) electrons. The van der Waals surface area contributed by atoms with Crippen LogP contribution in [0.2, 0.25) is 0 Å². The van der Waals surface area contributed by atoms with E-state index in [1.165, 1.54) is 6.20 Å². The molecule has 0 unspecified atom stereocenters. The van der Waals surface area contributed by atoms with Crippen LogP contribution in [0.15, 0.2) is 30.7 Å². The third-order valence-electron chi connectivity index (χ3n) is 2.20. The van der Waals surface area contributed by atoms with Crippen molar-refractivity contribution in [2.24, 2.45) is 7.05 Å². The Morgan fingerprint density at radius 1 is 1.47 bits per heavy atom. The van der Waals surface area contributed by atoms with Crippen LogP contribution in [0, 0.1) is 10.1 Å². The topological polar surface area (TPSA) is 73.8 Å². The lowest BCUT2D eigenvalue weighted by atomic mass is 10.2. The van der Waals surface area contributed by atoms with Gasteiger partial charge in [-0.05, 0) is 27.6 Å². The van der Waals surface area contributed by atoms with Crippen molar-refractivity contribution in [2.45, 2.75) is 0 Å². The van der Waals surface area contributed by atoms with Crippen LogP contribution in [-0.2, 0) is 7.05 Å². The number of hydrogen-bond acceptors (Lipinski definition) is 4. The molecule has 0 fully saturated rings. The Morgan fingerprint density at radius 3 is 2.88 bits per heavy atom. The second-order valence-corrected chi connectivity index (χ2v) is 3.45. The third-order valence-corrected chi connectivity index (χ3v) is 2.20. The van der Waals surface area contributed by atoms with Gasteiger partial charge in [-0.25, -0.2) is 0 Å². The molecule has 86 valence electrons. The van der Waals surface area contributed by atoms with Crippen LogP contribution in [0.5, 0.6) is 0 Å². The standard InChI is InChI=1S/C11H10N4O2/c1-14-8-11(15(16)17)13-10(14)5-4-9-3-2-6-12-7-9/h2-8H,1H3/b5-4+. The molecule has 0 amide bonds. The molecule has 0 atom stereocenters. The van der Waals surface area contributed by atoms with Gasteiger partial charge >= 0.3 is 5.82 Å². The van der Waals surface area contributed by atoms with E-state index >= 15 is 0 Å². The lowest BCUT2D eigenvalue weighted by Gasteiger charge is -1.90. The molecule has 6 heteroatoms. The van der Waals surface area contributed by atoms with Gasteiger partial charge in [0.1, 0.15) is 6.20 Å². The first-order chi connectivity index (χ1) is 8.16. The van der Waals surface area contributed by atoms with E-state index in [-0.39, 0.29) is 5.82 Å². The molecule has 2 heterocycles. The van der Waals surface area contributed by atoms with Gasteiger partial charge in [0.2, 0.25) is 5.82 Å². The zero-order valence-corrected chi connectivity index (χ0v) is 9.15. The number of nitro groups is 1. The quantitative estimate of drug-likeness (QED) is 0.596. The summed E-state index contributed by atoms with van der Waals surface area (Å²) in [5, 5.41) is 10.5.